The van der Waals surface area contributed by atoms with Gasteiger partial charge in [0.1, 0.15) is 18.2 Å². The quantitative estimate of drug-likeness (QED) is 0.164. The molecular weight excluding hydrogens is 827 g/mol. The Kier molecular flexibility index (Phi) is 9.40. The Hall–Kier alpha value is -7.47. The SMILES string of the molecule is C1=CCC(c2cccc(C3N=C(C4=CC(N5C6=Cc7ccccc7CC6C6C=CC(n7c8ccccc8c8ccc9ccccc9c87)CC65)=C5C=CC=CC5C4)NC(c4ccccc4)N3)c2)C=C1. The summed E-state index contributed by atoms with van der Waals surface area (Å²) < 4.78 is 2.68. The largest absolute Gasteiger partial charge is 0.351 e. The Labute approximate surface area is 398 Å². The zero-order chi connectivity index (χ0) is 44.7. The predicted molar refractivity (Wildman–Crippen MR) is 280 cm³/mol. The molecule has 6 aromatic carbocycles. The van der Waals surface area contributed by atoms with Crippen molar-refractivity contribution in [3.8, 4) is 0 Å². The molecule has 1 aromatic heterocycles. The zero-order valence-corrected chi connectivity index (χ0v) is 38.0. The Balaban J connectivity index is 0.916. The van der Waals surface area contributed by atoms with Crippen LogP contribution in [0, 0.1) is 17.8 Å². The van der Waals surface area contributed by atoms with Crippen LogP contribution in [0.15, 0.2) is 234 Å². The summed E-state index contributed by atoms with van der Waals surface area (Å²) >= 11 is 0. The second-order valence-corrected chi connectivity index (χ2v) is 19.8. The van der Waals surface area contributed by atoms with E-state index in [1.54, 1.807) is 0 Å². The highest BCUT2D eigenvalue weighted by Crippen LogP contribution is 2.54. The summed E-state index contributed by atoms with van der Waals surface area (Å²) in [4.78, 5) is 8.46. The zero-order valence-electron chi connectivity index (χ0n) is 38.0. The van der Waals surface area contributed by atoms with Gasteiger partial charge in [0.2, 0.25) is 0 Å². The van der Waals surface area contributed by atoms with E-state index in [9.17, 15) is 0 Å². The Bertz CT molecular complexity index is 3480. The van der Waals surface area contributed by atoms with Crippen LogP contribution >= 0.6 is 0 Å². The molecule has 14 rings (SSSR count). The number of likely N-dealkylation sites (tertiary alicyclic amines) is 1. The normalized spacial score (nSPS) is 26.8. The van der Waals surface area contributed by atoms with Crippen molar-refractivity contribution < 1.29 is 0 Å². The molecule has 1 saturated heterocycles. The maximum atomic E-state index is 5.64. The fourth-order valence-electron chi connectivity index (χ4n) is 12.9. The summed E-state index contributed by atoms with van der Waals surface area (Å²) in [5.41, 5.74) is 14.6. The van der Waals surface area contributed by atoms with E-state index in [4.69, 9.17) is 4.99 Å². The van der Waals surface area contributed by atoms with Crippen molar-refractivity contribution in [2.75, 3.05) is 0 Å². The number of fused-ring (bicyclic) bond motifs is 10. The minimum atomic E-state index is -0.222. The molecule has 3 heterocycles. The average molecular weight is 880 g/mol. The molecule has 0 saturated carbocycles. The van der Waals surface area contributed by atoms with E-state index >= 15 is 0 Å². The number of nitrogens with zero attached hydrogens (tertiary/aromatic N) is 3. The first-order valence-electron chi connectivity index (χ1n) is 24.8. The van der Waals surface area contributed by atoms with Gasteiger partial charge in [-0.25, -0.2) is 4.99 Å². The van der Waals surface area contributed by atoms with Crippen LogP contribution in [0.4, 0.5) is 0 Å². The Morgan fingerprint density at radius 2 is 1.43 bits per heavy atom. The first-order chi connectivity index (χ1) is 33.7. The maximum absolute atomic E-state index is 5.64. The smallest absolute Gasteiger partial charge is 0.129 e. The summed E-state index contributed by atoms with van der Waals surface area (Å²) in [5.74, 6) is 2.31. The van der Waals surface area contributed by atoms with Crippen molar-refractivity contribution in [3.63, 3.8) is 0 Å². The number of allylic oxidation sites excluding steroid dienone is 12. The van der Waals surface area contributed by atoms with Crippen LogP contribution < -0.4 is 10.6 Å². The van der Waals surface area contributed by atoms with Gasteiger partial charge in [-0.1, -0.05) is 194 Å². The lowest BCUT2D eigenvalue weighted by atomic mass is 9.76. The monoisotopic (exact) mass is 879 g/mol. The molecule has 7 aromatic rings. The van der Waals surface area contributed by atoms with Crippen LogP contribution in [0.25, 0.3) is 38.7 Å². The van der Waals surface area contributed by atoms with E-state index in [2.05, 4.69) is 233 Å². The number of rotatable bonds is 6. The third kappa shape index (κ3) is 6.51. The van der Waals surface area contributed by atoms with Crippen molar-refractivity contribution in [2.24, 2.45) is 22.7 Å². The van der Waals surface area contributed by atoms with Gasteiger partial charge in [-0.2, -0.15) is 0 Å². The fraction of sp³-hybridized carbons (Fsp3) is 0.190. The fourth-order valence-corrected chi connectivity index (χ4v) is 12.9. The molecule has 1 fully saturated rings. The first-order valence-corrected chi connectivity index (χ1v) is 24.8. The van der Waals surface area contributed by atoms with Crippen molar-refractivity contribution in [2.45, 2.75) is 56.0 Å². The molecule has 2 N–H and O–H groups in total. The summed E-state index contributed by atoms with van der Waals surface area (Å²) in [7, 11) is 0. The van der Waals surface area contributed by atoms with Crippen LogP contribution in [0.1, 0.15) is 71.4 Å². The van der Waals surface area contributed by atoms with E-state index in [0.29, 0.717) is 17.8 Å². The van der Waals surface area contributed by atoms with Gasteiger partial charge in [0.25, 0.3) is 0 Å². The highest BCUT2D eigenvalue weighted by atomic mass is 15.3. The van der Waals surface area contributed by atoms with Gasteiger partial charge in [-0.3, -0.25) is 5.32 Å². The minimum absolute atomic E-state index is 0.115. The number of aliphatic imine (C=N–C) groups is 1. The topological polar surface area (TPSA) is 44.6 Å². The van der Waals surface area contributed by atoms with Crippen molar-refractivity contribution >= 4 is 44.5 Å². The molecule has 5 aliphatic carbocycles. The second-order valence-electron chi connectivity index (χ2n) is 19.8. The third-order valence-electron chi connectivity index (χ3n) is 16.0. The second kappa shape index (κ2) is 16.1. The highest BCUT2D eigenvalue weighted by Gasteiger charge is 2.49. The van der Waals surface area contributed by atoms with Crippen LogP contribution in [0.5, 0.6) is 0 Å². The number of aromatic nitrogens is 1. The minimum Gasteiger partial charge on any atom is -0.351 e. The van der Waals surface area contributed by atoms with Gasteiger partial charge in [0, 0.05) is 62.8 Å². The van der Waals surface area contributed by atoms with Crippen LogP contribution in [0.2, 0.25) is 0 Å². The summed E-state index contributed by atoms with van der Waals surface area (Å²) in [6.45, 7) is 0. The number of hydrogen-bond donors (Lipinski definition) is 2. The predicted octanol–water partition coefficient (Wildman–Crippen LogP) is 13.9. The van der Waals surface area contributed by atoms with Crippen LogP contribution in [-0.2, 0) is 6.42 Å². The lowest BCUT2D eigenvalue weighted by Crippen LogP contribution is -2.46. The van der Waals surface area contributed by atoms with Crippen molar-refractivity contribution in [1.82, 2.24) is 20.1 Å². The first kappa shape index (κ1) is 39.7. The van der Waals surface area contributed by atoms with E-state index in [0.717, 1.165) is 31.5 Å². The third-order valence-corrected chi connectivity index (χ3v) is 16.0. The molecule has 0 radical (unpaired) electrons. The Morgan fingerprint density at radius 3 is 2.35 bits per heavy atom. The molecule has 5 heteroatoms. The summed E-state index contributed by atoms with van der Waals surface area (Å²) in [6, 6.07) is 52.1. The molecule has 330 valence electrons. The van der Waals surface area contributed by atoms with Gasteiger partial charge in [0.05, 0.1) is 11.6 Å². The van der Waals surface area contributed by atoms with Gasteiger partial charge < -0.3 is 14.8 Å². The van der Waals surface area contributed by atoms with Crippen LogP contribution in [-0.4, -0.2) is 21.3 Å². The molecule has 0 spiro atoms. The number of hydrogen-bond acceptors (Lipinski definition) is 4. The molecule has 0 amide bonds. The number of para-hydroxylation sites is 1. The number of nitrogens with one attached hydrogen (secondary N) is 2. The molecule has 8 unspecified atom stereocenters. The highest BCUT2D eigenvalue weighted by molar-refractivity contribution is 6.17. The molecule has 5 nitrogen and oxygen atoms in total. The number of amidine groups is 1. The van der Waals surface area contributed by atoms with E-state index < -0.39 is 0 Å². The standard InChI is InChI=1S/C63H53N5/c1-3-16-40(17-4-1)43-24-15-25-47(34-43)62-64-61(42-19-5-2-6-20-42)65-63(66-62)48-35-46-23-10-11-26-50(46)57(38-48)68-58-37-45-22-8-7-21-44(45)36-55(58)53-33-31-49(39-59(53)68)67-56-29-14-13-28-52(56)54-32-30-41-18-9-12-27-51(41)60(54)67/h1-16,18-34,37-38,40,46,49,53,55,59,61-62,64H,17,35-36,39H2,(H,65,66). The van der Waals surface area contributed by atoms with E-state index in [-0.39, 0.29) is 30.3 Å². The van der Waals surface area contributed by atoms with E-state index in [1.165, 1.54) is 82.9 Å². The van der Waals surface area contributed by atoms with Gasteiger partial charge >= 0.3 is 0 Å². The van der Waals surface area contributed by atoms with Gasteiger partial charge in [0.15, 0.2) is 0 Å². The lowest BCUT2D eigenvalue weighted by Gasteiger charge is -2.40. The van der Waals surface area contributed by atoms with Gasteiger partial charge in [-0.05, 0) is 88.3 Å². The molecule has 8 atom stereocenters. The van der Waals surface area contributed by atoms with Crippen LogP contribution in [0.3, 0.4) is 0 Å². The van der Waals surface area contributed by atoms with Crippen molar-refractivity contribution in [1.29, 1.82) is 0 Å². The maximum Gasteiger partial charge on any atom is 0.129 e. The number of benzene rings is 6. The Morgan fingerprint density at radius 1 is 0.618 bits per heavy atom. The lowest BCUT2D eigenvalue weighted by molar-refractivity contribution is 0.272. The summed E-state index contributed by atoms with van der Waals surface area (Å²) in [6.07, 6.45) is 32.1. The van der Waals surface area contributed by atoms with E-state index in [1.807, 2.05) is 0 Å². The van der Waals surface area contributed by atoms with Crippen molar-refractivity contribution in [3.05, 3.63) is 257 Å². The summed E-state index contributed by atoms with van der Waals surface area (Å²) in [5, 5.41) is 13.1. The molecule has 0 bridgehead atoms. The average Bonchev–Trinajstić information content (AvgIpc) is 3.92. The van der Waals surface area contributed by atoms with Gasteiger partial charge in [-0.15, -0.1) is 0 Å². The molecule has 7 aliphatic rings. The molecule has 2 aliphatic heterocycles. The molecular formula is C63H53N5. The molecule has 68 heavy (non-hydrogen) atoms.